The van der Waals surface area contributed by atoms with E-state index in [1.807, 2.05) is 6.92 Å². The van der Waals surface area contributed by atoms with Crippen LogP contribution in [0.4, 0.5) is 11.5 Å². The van der Waals surface area contributed by atoms with Crippen LogP contribution in [0.3, 0.4) is 0 Å². The molecule has 0 aliphatic carbocycles. The fourth-order valence-electron chi connectivity index (χ4n) is 2.57. The summed E-state index contributed by atoms with van der Waals surface area (Å²) in [7, 11) is 1.66. The van der Waals surface area contributed by atoms with Gasteiger partial charge < -0.3 is 19.7 Å². The van der Waals surface area contributed by atoms with Crippen LogP contribution in [0.5, 0.6) is 0 Å². The molecule has 0 atom stereocenters. The molecule has 10 heteroatoms. The van der Waals surface area contributed by atoms with E-state index in [9.17, 15) is 9.90 Å². The molecule has 0 unspecified atom stereocenters. The average molecular weight is 379 g/mol. The van der Waals surface area contributed by atoms with Gasteiger partial charge in [0, 0.05) is 25.9 Å². The molecule has 3 aromatic heterocycles. The molecule has 0 bridgehead atoms. The summed E-state index contributed by atoms with van der Waals surface area (Å²) in [4.78, 5) is 20.0. The van der Waals surface area contributed by atoms with Crippen LogP contribution >= 0.6 is 11.6 Å². The van der Waals surface area contributed by atoms with Crippen molar-refractivity contribution in [2.24, 2.45) is 7.05 Å². The zero-order valence-corrected chi connectivity index (χ0v) is 15.2. The van der Waals surface area contributed by atoms with Crippen LogP contribution in [-0.2, 0) is 24.9 Å². The Labute approximate surface area is 154 Å². The minimum absolute atomic E-state index is 0.0314. The molecule has 3 heterocycles. The Hall–Kier alpha value is -2.49. The van der Waals surface area contributed by atoms with Gasteiger partial charge in [-0.15, -0.1) is 0 Å². The highest BCUT2D eigenvalue weighted by molar-refractivity contribution is 6.28. The van der Waals surface area contributed by atoms with Crippen LogP contribution in [-0.4, -0.2) is 42.6 Å². The average Bonchev–Trinajstić information content (AvgIpc) is 2.96. The zero-order chi connectivity index (χ0) is 18.7. The van der Waals surface area contributed by atoms with E-state index in [1.54, 1.807) is 24.0 Å². The van der Waals surface area contributed by atoms with Gasteiger partial charge in [-0.1, -0.05) is 0 Å². The van der Waals surface area contributed by atoms with Crippen molar-refractivity contribution in [3.63, 3.8) is 0 Å². The van der Waals surface area contributed by atoms with Crippen LogP contribution in [0.2, 0.25) is 5.28 Å². The number of aliphatic hydroxyl groups excluding tert-OH is 1. The number of aryl methyl sites for hydroxylation is 1. The molecule has 3 rings (SSSR count). The Kier molecular flexibility index (Phi) is 5.50. The zero-order valence-electron chi connectivity index (χ0n) is 14.4. The predicted molar refractivity (Wildman–Crippen MR) is 97.7 cm³/mol. The third kappa shape index (κ3) is 3.69. The van der Waals surface area contributed by atoms with Gasteiger partial charge in [0.05, 0.1) is 25.4 Å². The van der Waals surface area contributed by atoms with E-state index in [0.29, 0.717) is 48.0 Å². The van der Waals surface area contributed by atoms with Crippen LogP contribution in [0, 0.1) is 0 Å². The highest BCUT2D eigenvalue weighted by Gasteiger charge is 2.18. The number of nitrogens with one attached hydrogen (secondary N) is 1. The normalized spacial score (nSPS) is 11.2. The SMILES string of the molecule is CCOCCn1nc(CO)c2nc(Cl)nc(Nc3ccc(=O)n(C)c3)c21. The fourth-order valence-corrected chi connectivity index (χ4v) is 2.74. The van der Waals surface area contributed by atoms with Gasteiger partial charge in [-0.25, -0.2) is 4.98 Å². The first-order valence-corrected chi connectivity index (χ1v) is 8.46. The number of hydrogen-bond acceptors (Lipinski definition) is 7. The summed E-state index contributed by atoms with van der Waals surface area (Å²) in [6, 6.07) is 3.10. The van der Waals surface area contributed by atoms with Crippen molar-refractivity contribution in [2.75, 3.05) is 18.5 Å². The third-order valence-electron chi connectivity index (χ3n) is 3.78. The standard InChI is InChI=1S/C16H19ClN6O3/c1-3-26-7-6-23-14-13(11(9-24)21-23)19-16(17)20-15(14)18-10-4-5-12(25)22(2)8-10/h4-5,8,24H,3,6-7,9H2,1-2H3,(H,18,19,20). The van der Waals surface area contributed by atoms with Crippen molar-refractivity contribution in [1.29, 1.82) is 0 Å². The summed E-state index contributed by atoms with van der Waals surface area (Å²) < 4.78 is 8.52. The molecule has 9 nitrogen and oxygen atoms in total. The molecule has 0 amide bonds. The minimum Gasteiger partial charge on any atom is -0.390 e. The van der Waals surface area contributed by atoms with E-state index in [0.717, 1.165) is 0 Å². The Balaban J connectivity index is 2.08. The van der Waals surface area contributed by atoms with Gasteiger partial charge in [0.1, 0.15) is 16.7 Å². The Bertz CT molecular complexity index is 984. The van der Waals surface area contributed by atoms with Crippen molar-refractivity contribution in [1.82, 2.24) is 24.3 Å². The number of hydrogen-bond donors (Lipinski definition) is 2. The van der Waals surface area contributed by atoms with Gasteiger partial charge in [-0.05, 0) is 24.6 Å². The predicted octanol–water partition coefficient (Wildman–Crippen LogP) is 1.45. The second kappa shape index (κ2) is 7.81. The summed E-state index contributed by atoms with van der Waals surface area (Å²) in [5.41, 5.74) is 2.02. The molecular formula is C16H19ClN6O3. The maximum Gasteiger partial charge on any atom is 0.250 e. The van der Waals surface area contributed by atoms with E-state index in [2.05, 4.69) is 20.4 Å². The number of rotatable bonds is 7. The summed E-state index contributed by atoms with van der Waals surface area (Å²) in [6.45, 7) is 3.16. The van der Waals surface area contributed by atoms with Crippen molar-refractivity contribution in [2.45, 2.75) is 20.1 Å². The maximum atomic E-state index is 11.6. The maximum absolute atomic E-state index is 11.6. The summed E-state index contributed by atoms with van der Waals surface area (Å²) in [6.07, 6.45) is 1.65. The van der Waals surface area contributed by atoms with E-state index < -0.39 is 0 Å². The number of ether oxygens (including phenoxy) is 1. The van der Waals surface area contributed by atoms with Gasteiger partial charge in [-0.2, -0.15) is 10.1 Å². The molecule has 3 aromatic rings. The first-order valence-electron chi connectivity index (χ1n) is 8.08. The number of halogens is 1. The number of nitrogens with zero attached hydrogens (tertiary/aromatic N) is 5. The molecule has 0 aliphatic rings. The van der Waals surface area contributed by atoms with E-state index >= 15 is 0 Å². The monoisotopic (exact) mass is 378 g/mol. The quantitative estimate of drug-likeness (QED) is 0.473. The van der Waals surface area contributed by atoms with Crippen molar-refractivity contribution >= 4 is 34.1 Å². The number of pyridine rings is 1. The van der Waals surface area contributed by atoms with Crippen molar-refractivity contribution in [3.8, 4) is 0 Å². The van der Waals surface area contributed by atoms with Crippen LogP contribution in [0.15, 0.2) is 23.1 Å². The Morgan fingerprint density at radius 3 is 2.85 bits per heavy atom. The highest BCUT2D eigenvalue weighted by atomic mass is 35.5. The molecule has 138 valence electrons. The summed E-state index contributed by atoms with van der Waals surface area (Å²) in [5, 5.41) is 17.2. The highest BCUT2D eigenvalue weighted by Crippen LogP contribution is 2.27. The van der Waals surface area contributed by atoms with E-state index in [-0.39, 0.29) is 17.4 Å². The first kappa shape index (κ1) is 18.3. The van der Waals surface area contributed by atoms with Crippen LogP contribution in [0.1, 0.15) is 12.6 Å². The summed E-state index contributed by atoms with van der Waals surface area (Å²) in [5.74, 6) is 0.433. The lowest BCUT2D eigenvalue weighted by atomic mass is 10.3. The molecule has 0 saturated heterocycles. The molecular weight excluding hydrogens is 360 g/mol. The van der Waals surface area contributed by atoms with Gasteiger partial charge in [0.2, 0.25) is 10.8 Å². The van der Waals surface area contributed by atoms with Gasteiger partial charge in [-0.3, -0.25) is 9.48 Å². The number of aromatic nitrogens is 5. The van der Waals surface area contributed by atoms with E-state index in [1.165, 1.54) is 10.6 Å². The molecule has 26 heavy (non-hydrogen) atoms. The molecule has 0 saturated carbocycles. The molecule has 2 N–H and O–H groups in total. The Morgan fingerprint density at radius 2 is 2.15 bits per heavy atom. The smallest absolute Gasteiger partial charge is 0.250 e. The van der Waals surface area contributed by atoms with Gasteiger partial charge >= 0.3 is 0 Å². The van der Waals surface area contributed by atoms with Crippen molar-refractivity contribution < 1.29 is 9.84 Å². The second-order valence-electron chi connectivity index (χ2n) is 5.56. The number of fused-ring (bicyclic) bond motifs is 1. The molecule has 0 spiro atoms. The lowest BCUT2D eigenvalue weighted by molar-refractivity contribution is 0.137. The lowest BCUT2D eigenvalue weighted by Gasteiger charge is -2.10. The largest absolute Gasteiger partial charge is 0.390 e. The number of aliphatic hydroxyl groups is 1. The second-order valence-corrected chi connectivity index (χ2v) is 5.89. The molecule has 0 aliphatic heterocycles. The number of anilines is 2. The van der Waals surface area contributed by atoms with Gasteiger partial charge in [0.15, 0.2) is 5.82 Å². The fraction of sp³-hybridized carbons (Fsp3) is 0.375. The van der Waals surface area contributed by atoms with Gasteiger partial charge in [0.25, 0.3) is 0 Å². The Morgan fingerprint density at radius 1 is 1.35 bits per heavy atom. The van der Waals surface area contributed by atoms with Crippen LogP contribution < -0.4 is 10.9 Å². The summed E-state index contributed by atoms with van der Waals surface area (Å²) >= 11 is 6.05. The third-order valence-corrected chi connectivity index (χ3v) is 3.95. The lowest BCUT2D eigenvalue weighted by Crippen LogP contribution is -2.15. The molecule has 0 fully saturated rings. The minimum atomic E-state index is -0.273. The molecule has 0 aromatic carbocycles. The topological polar surface area (TPSA) is 107 Å². The molecule has 0 radical (unpaired) electrons. The van der Waals surface area contributed by atoms with E-state index in [4.69, 9.17) is 16.3 Å². The van der Waals surface area contributed by atoms with Crippen molar-refractivity contribution in [3.05, 3.63) is 39.7 Å². The first-order chi connectivity index (χ1) is 12.5. The van der Waals surface area contributed by atoms with Crippen LogP contribution in [0.25, 0.3) is 11.0 Å².